The molecule has 2 rings (SSSR count). The van der Waals surface area contributed by atoms with Gasteiger partial charge >= 0.3 is 5.97 Å². The van der Waals surface area contributed by atoms with E-state index in [0.717, 1.165) is 4.90 Å². The predicted octanol–water partition coefficient (Wildman–Crippen LogP) is 3.38. The lowest BCUT2D eigenvalue weighted by atomic mass is 9.89. The number of nitrogens with zero attached hydrogens (tertiary/aromatic N) is 1. The van der Waals surface area contributed by atoms with Gasteiger partial charge in [0.1, 0.15) is 4.99 Å². The fourth-order valence-electron chi connectivity index (χ4n) is 2.63. The average molecular weight is 404 g/mol. The minimum Gasteiger partial charge on any atom is -0.479 e. The molecule has 0 heterocycles. The number of rotatable bonds is 6. The zero-order chi connectivity index (χ0) is 19.3. The molecule has 134 valence electrons. The standard InChI is InChI=1S/C19H17NO3S3/c1-13(21)20(17(26)15-10-6-3-7-11-15)19(12-24,18(22)23)16(25)14-8-4-2-5-9-14/h2-11,24H,12H2,1H3,(H,22,23)/t19-/m0/s1. The first-order valence-corrected chi connectivity index (χ1v) is 9.15. The van der Waals surface area contributed by atoms with Crippen molar-refractivity contribution in [2.24, 2.45) is 0 Å². The van der Waals surface area contributed by atoms with Crippen molar-refractivity contribution in [3.63, 3.8) is 0 Å². The van der Waals surface area contributed by atoms with Gasteiger partial charge in [-0.2, -0.15) is 12.6 Å². The first kappa shape index (κ1) is 20.2. The van der Waals surface area contributed by atoms with Crippen molar-refractivity contribution in [1.29, 1.82) is 0 Å². The predicted molar refractivity (Wildman–Crippen MR) is 113 cm³/mol. The van der Waals surface area contributed by atoms with Crippen molar-refractivity contribution in [3.05, 3.63) is 71.8 Å². The Morgan fingerprint density at radius 2 is 1.46 bits per heavy atom. The molecule has 2 aromatic carbocycles. The van der Waals surface area contributed by atoms with E-state index in [-0.39, 0.29) is 15.6 Å². The molecule has 0 aromatic heterocycles. The number of hydrogen-bond donors (Lipinski definition) is 2. The first-order valence-electron chi connectivity index (χ1n) is 7.70. The highest BCUT2D eigenvalue weighted by Crippen LogP contribution is 2.28. The largest absolute Gasteiger partial charge is 0.479 e. The summed E-state index contributed by atoms with van der Waals surface area (Å²) in [6, 6.07) is 17.5. The van der Waals surface area contributed by atoms with Crippen LogP contribution in [0.15, 0.2) is 60.7 Å². The Bertz CT molecular complexity index is 840. The lowest BCUT2D eigenvalue weighted by Gasteiger charge is -2.40. The SMILES string of the molecule is CC(=O)N(C(=S)c1ccccc1)[C@](CS)(C(=O)O)C(=S)c1ccccc1. The van der Waals surface area contributed by atoms with Crippen molar-refractivity contribution >= 4 is 58.8 Å². The molecule has 0 saturated heterocycles. The summed E-state index contributed by atoms with van der Waals surface area (Å²) < 4.78 is 0. The Labute approximate surface area is 168 Å². The molecule has 0 unspecified atom stereocenters. The van der Waals surface area contributed by atoms with E-state index in [1.54, 1.807) is 54.6 Å². The smallest absolute Gasteiger partial charge is 0.336 e. The molecule has 0 aliphatic rings. The van der Waals surface area contributed by atoms with Gasteiger partial charge in [-0.25, -0.2) is 4.79 Å². The highest BCUT2D eigenvalue weighted by atomic mass is 32.1. The summed E-state index contributed by atoms with van der Waals surface area (Å²) in [6.45, 7) is 1.27. The lowest BCUT2D eigenvalue weighted by molar-refractivity contribution is -0.148. The van der Waals surface area contributed by atoms with Gasteiger partial charge in [0.25, 0.3) is 0 Å². The van der Waals surface area contributed by atoms with Crippen LogP contribution in [0.5, 0.6) is 0 Å². The molecule has 7 heteroatoms. The van der Waals surface area contributed by atoms with E-state index in [9.17, 15) is 14.7 Å². The quantitative estimate of drug-likeness (QED) is 0.440. The summed E-state index contributed by atoms with van der Waals surface area (Å²) in [5, 5.41) is 10.1. The van der Waals surface area contributed by atoms with Crippen LogP contribution in [-0.2, 0) is 9.59 Å². The number of carboxylic acid groups (broad SMARTS) is 1. The molecule has 0 saturated carbocycles. The van der Waals surface area contributed by atoms with Gasteiger partial charge in [-0.1, -0.05) is 85.1 Å². The van der Waals surface area contributed by atoms with Gasteiger partial charge in [0.15, 0.2) is 5.54 Å². The normalized spacial score (nSPS) is 12.7. The number of hydrogen-bond acceptors (Lipinski definition) is 5. The third kappa shape index (κ3) is 3.70. The summed E-state index contributed by atoms with van der Waals surface area (Å²) in [6.07, 6.45) is 0. The number of carboxylic acids is 1. The Hall–Kier alpha value is -2.09. The van der Waals surface area contributed by atoms with Gasteiger partial charge in [-0.3, -0.25) is 9.69 Å². The van der Waals surface area contributed by atoms with E-state index in [2.05, 4.69) is 12.6 Å². The summed E-state index contributed by atoms with van der Waals surface area (Å²) in [7, 11) is 0. The maximum atomic E-state index is 12.5. The van der Waals surface area contributed by atoms with Crippen LogP contribution in [0.3, 0.4) is 0 Å². The molecule has 4 nitrogen and oxygen atoms in total. The van der Waals surface area contributed by atoms with E-state index in [4.69, 9.17) is 24.4 Å². The number of amides is 1. The minimum absolute atomic E-state index is 0.0779. The Kier molecular flexibility index (Phi) is 6.63. The molecule has 0 radical (unpaired) electrons. The third-order valence-corrected chi connectivity index (χ3v) is 5.36. The summed E-state index contributed by atoms with van der Waals surface area (Å²) in [5.74, 6) is -2.02. The van der Waals surface area contributed by atoms with Crippen LogP contribution in [0.2, 0.25) is 0 Å². The van der Waals surface area contributed by atoms with Crippen LogP contribution in [-0.4, -0.2) is 43.0 Å². The highest BCUT2D eigenvalue weighted by Gasteiger charge is 2.50. The second-order valence-electron chi connectivity index (χ2n) is 5.54. The van der Waals surface area contributed by atoms with Crippen LogP contribution in [0.25, 0.3) is 0 Å². The third-order valence-electron chi connectivity index (χ3n) is 3.91. The number of thiol groups is 1. The molecule has 1 amide bonds. The molecular formula is C19H17NO3S3. The van der Waals surface area contributed by atoms with E-state index >= 15 is 0 Å². The van der Waals surface area contributed by atoms with Crippen LogP contribution in [0.4, 0.5) is 0 Å². The molecule has 0 spiro atoms. The minimum atomic E-state index is -1.88. The summed E-state index contributed by atoms with van der Waals surface area (Å²) in [4.78, 5) is 26.1. The summed E-state index contributed by atoms with van der Waals surface area (Å²) in [5.41, 5.74) is -0.791. The molecule has 0 bridgehead atoms. The number of aliphatic carboxylic acids is 1. The zero-order valence-corrected chi connectivity index (χ0v) is 16.5. The first-order chi connectivity index (χ1) is 12.4. The van der Waals surface area contributed by atoms with Gasteiger partial charge < -0.3 is 5.11 Å². The second kappa shape index (κ2) is 8.53. The van der Waals surface area contributed by atoms with Crippen LogP contribution < -0.4 is 0 Å². The van der Waals surface area contributed by atoms with Crippen molar-refractivity contribution in [3.8, 4) is 0 Å². The van der Waals surface area contributed by atoms with Gasteiger partial charge in [0.2, 0.25) is 5.91 Å². The highest BCUT2D eigenvalue weighted by molar-refractivity contribution is 7.82. The fourth-order valence-corrected chi connectivity index (χ4v) is 3.98. The van der Waals surface area contributed by atoms with Gasteiger partial charge in [-0.15, -0.1) is 0 Å². The van der Waals surface area contributed by atoms with E-state index in [0.29, 0.717) is 11.1 Å². The van der Waals surface area contributed by atoms with Gasteiger partial charge in [0.05, 0.1) is 4.86 Å². The maximum absolute atomic E-state index is 12.5. The Morgan fingerprint density at radius 3 is 1.85 bits per heavy atom. The van der Waals surface area contributed by atoms with Crippen LogP contribution in [0, 0.1) is 0 Å². The van der Waals surface area contributed by atoms with Crippen LogP contribution in [0.1, 0.15) is 18.1 Å². The Balaban J connectivity index is 2.65. The van der Waals surface area contributed by atoms with Gasteiger partial charge in [-0.05, 0) is 5.56 Å². The summed E-state index contributed by atoms with van der Waals surface area (Å²) >= 11 is 15.2. The molecule has 1 N–H and O–H groups in total. The monoisotopic (exact) mass is 403 g/mol. The van der Waals surface area contributed by atoms with E-state index in [1.807, 2.05) is 6.07 Å². The number of thiocarbonyl (C=S) groups is 2. The topological polar surface area (TPSA) is 57.6 Å². The van der Waals surface area contributed by atoms with E-state index in [1.165, 1.54) is 6.92 Å². The number of carbonyl (C=O) groups is 2. The Morgan fingerprint density at radius 1 is 1.00 bits per heavy atom. The second-order valence-corrected chi connectivity index (χ2v) is 6.66. The average Bonchev–Trinajstić information content (AvgIpc) is 2.65. The van der Waals surface area contributed by atoms with Crippen molar-refractivity contribution in [2.75, 3.05) is 5.75 Å². The maximum Gasteiger partial charge on any atom is 0.336 e. The molecular weight excluding hydrogens is 386 g/mol. The molecule has 2 aromatic rings. The molecule has 0 aliphatic carbocycles. The van der Waals surface area contributed by atoms with Crippen LogP contribution >= 0.6 is 37.1 Å². The van der Waals surface area contributed by atoms with Crippen molar-refractivity contribution < 1.29 is 14.7 Å². The van der Waals surface area contributed by atoms with Crippen molar-refractivity contribution in [1.82, 2.24) is 4.90 Å². The fraction of sp³-hybridized carbons (Fsp3) is 0.158. The molecule has 1 atom stereocenters. The zero-order valence-electron chi connectivity index (χ0n) is 14.0. The number of carbonyl (C=O) groups excluding carboxylic acids is 1. The van der Waals surface area contributed by atoms with Crippen molar-refractivity contribution in [2.45, 2.75) is 12.5 Å². The molecule has 0 aliphatic heterocycles. The van der Waals surface area contributed by atoms with Gasteiger partial charge in [0, 0.05) is 18.2 Å². The van der Waals surface area contributed by atoms with E-state index < -0.39 is 17.4 Å². The molecule has 26 heavy (non-hydrogen) atoms. The number of benzene rings is 2. The molecule has 0 fully saturated rings. The lowest BCUT2D eigenvalue weighted by Crippen LogP contribution is -2.64.